The second-order valence-corrected chi connectivity index (χ2v) is 5.16. The van der Waals surface area contributed by atoms with E-state index in [1.54, 1.807) is 6.07 Å². The Labute approximate surface area is 120 Å². The summed E-state index contributed by atoms with van der Waals surface area (Å²) < 4.78 is 0. The summed E-state index contributed by atoms with van der Waals surface area (Å²) in [5.74, 6) is 0.727. The summed E-state index contributed by atoms with van der Waals surface area (Å²) in [6.45, 7) is 6.70. The minimum atomic E-state index is -0.115. The fraction of sp³-hybridized carbons (Fsp3) is 0.643. The molecule has 0 bridgehead atoms. The lowest BCUT2D eigenvalue weighted by Crippen LogP contribution is -2.45. The lowest BCUT2D eigenvalue weighted by Gasteiger charge is -2.33. The first kappa shape index (κ1) is 14.7. The second-order valence-electron chi connectivity index (χ2n) is 5.16. The van der Waals surface area contributed by atoms with Crippen molar-refractivity contribution in [1.29, 1.82) is 0 Å². The maximum Gasteiger partial charge on any atom is 0.270 e. The van der Waals surface area contributed by atoms with Gasteiger partial charge in [-0.15, -0.1) is 0 Å². The van der Waals surface area contributed by atoms with E-state index in [4.69, 9.17) is 0 Å². The van der Waals surface area contributed by atoms with Crippen LogP contribution in [0.5, 0.6) is 0 Å². The molecule has 0 atom stereocenters. The molecule has 1 fully saturated rings. The highest BCUT2D eigenvalue weighted by atomic mass is 16.1. The normalized spacial score (nSPS) is 16.2. The minimum absolute atomic E-state index is 0.115. The molecule has 1 aliphatic rings. The minimum Gasteiger partial charge on any atom is -0.354 e. The third kappa shape index (κ3) is 3.90. The number of nitrogens with zero attached hydrogens (tertiary/aromatic N) is 4. The summed E-state index contributed by atoms with van der Waals surface area (Å²) in [4.78, 5) is 24.8. The molecule has 6 heteroatoms. The van der Waals surface area contributed by atoms with Gasteiger partial charge < -0.3 is 15.1 Å². The number of hydrogen-bond donors (Lipinski definition) is 1. The molecule has 0 unspecified atom stereocenters. The number of aromatic nitrogens is 2. The monoisotopic (exact) mass is 277 g/mol. The Hall–Kier alpha value is -1.69. The van der Waals surface area contributed by atoms with Gasteiger partial charge in [0.2, 0.25) is 0 Å². The van der Waals surface area contributed by atoms with Crippen molar-refractivity contribution in [2.24, 2.45) is 0 Å². The van der Waals surface area contributed by atoms with Gasteiger partial charge in [0.15, 0.2) is 0 Å². The number of hydrogen-bond acceptors (Lipinski definition) is 5. The molecule has 1 N–H and O–H groups in total. The van der Waals surface area contributed by atoms with Gasteiger partial charge in [0.1, 0.15) is 17.8 Å². The van der Waals surface area contributed by atoms with E-state index in [1.807, 2.05) is 0 Å². The average Bonchev–Trinajstić information content (AvgIpc) is 2.48. The van der Waals surface area contributed by atoms with Crippen LogP contribution in [0.3, 0.4) is 0 Å². The Morgan fingerprint density at radius 1 is 1.30 bits per heavy atom. The van der Waals surface area contributed by atoms with Gasteiger partial charge in [-0.2, -0.15) is 0 Å². The Morgan fingerprint density at radius 3 is 2.75 bits per heavy atom. The Kier molecular flexibility index (Phi) is 5.29. The molecule has 0 aromatic carbocycles. The fourth-order valence-electron chi connectivity index (χ4n) is 2.15. The van der Waals surface area contributed by atoms with Crippen LogP contribution < -0.4 is 10.2 Å². The zero-order chi connectivity index (χ0) is 14.4. The smallest absolute Gasteiger partial charge is 0.270 e. The number of likely N-dealkylation sites (N-methyl/N-ethyl adjacent to an activating group) is 1. The fourth-order valence-corrected chi connectivity index (χ4v) is 2.15. The van der Waals surface area contributed by atoms with E-state index in [0.717, 1.165) is 44.8 Å². The quantitative estimate of drug-likeness (QED) is 0.805. The molecule has 1 aliphatic heterocycles. The maximum absolute atomic E-state index is 12.0. The molecule has 1 aromatic rings. The third-order valence-electron chi connectivity index (χ3n) is 3.53. The number of nitrogens with one attached hydrogen (secondary N) is 1. The van der Waals surface area contributed by atoms with E-state index >= 15 is 0 Å². The predicted molar refractivity (Wildman–Crippen MR) is 79.0 cm³/mol. The van der Waals surface area contributed by atoms with Crippen molar-refractivity contribution in [1.82, 2.24) is 20.2 Å². The van der Waals surface area contributed by atoms with E-state index in [2.05, 4.69) is 39.1 Å². The van der Waals surface area contributed by atoms with Crippen LogP contribution in [0, 0.1) is 0 Å². The van der Waals surface area contributed by atoms with E-state index in [1.165, 1.54) is 6.33 Å². The lowest BCUT2D eigenvalue weighted by atomic mass is 10.3. The molecule has 0 aliphatic carbocycles. The van der Waals surface area contributed by atoms with Crippen LogP contribution in [-0.4, -0.2) is 60.5 Å². The molecule has 1 aromatic heterocycles. The van der Waals surface area contributed by atoms with Gasteiger partial charge in [0.25, 0.3) is 5.91 Å². The van der Waals surface area contributed by atoms with Gasteiger partial charge in [-0.1, -0.05) is 13.3 Å². The van der Waals surface area contributed by atoms with Crippen LogP contribution in [0.4, 0.5) is 5.82 Å². The van der Waals surface area contributed by atoms with E-state index in [9.17, 15) is 4.79 Å². The SMILES string of the molecule is CCCCNC(=O)c1cc(N2CCN(C)CC2)ncn1. The van der Waals surface area contributed by atoms with Crippen molar-refractivity contribution >= 4 is 11.7 Å². The van der Waals surface area contributed by atoms with Crippen molar-refractivity contribution in [3.63, 3.8) is 0 Å². The van der Waals surface area contributed by atoms with Crippen molar-refractivity contribution in [2.45, 2.75) is 19.8 Å². The first-order valence-corrected chi connectivity index (χ1v) is 7.24. The molecule has 6 nitrogen and oxygen atoms in total. The molecule has 0 radical (unpaired) electrons. The zero-order valence-electron chi connectivity index (χ0n) is 12.3. The highest BCUT2D eigenvalue weighted by Gasteiger charge is 2.17. The molecule has 2 rings (SSSR count). The molecule has 1 saturated heterocycles. The van der Waals surface area contributed by atoms with Gasteiger partial charge in [-0.3, -0.25) is 4.79 Å². The average molecular weight is 277 g/mol. The molecular weight excluding hydrogens is 254 g/mol. The molecule has 1 amide bonds. The molecule has 0 spiro atoms. The Bertz CT molecular complexity index is 443. The number of rotatable bonds is 5. The van der Waals surface area contributed by atoms with Crippen LogP contribution in [0.1, 0.15) is 30.3 Å². The summed E-state index contributed by atoms with van der Waals surface area (Å²) in [5, 5.41) is 2.88. The number of unbranched alkanes of at least 4 members (excludes halogenated alkanes) is 1. The van der Waals surface area contributed by atoms with Gasteiger partial charge in [0.05, 0.1) is 0 Å². The Morgan fingerprint density at radius 2 is 2.05 bits per heavy atom. The first-order valence-electron chi connectivity index (χ1n) is 7.24. The molecule has 0 saturated carbocycles. The van der Waals surface area contributed by atoms with Crippen LogP contribution in [0.15, 0.2) is 12.4 Å². The number of amides is 1. The number of carbonyl (C=O) groups excluding carboxylic acids is 1. The van der Waals surface area contributed by atoms with Gasteiger partial charge in [-0.25, -0.2) is 9.97 Å². The van der Waals surface area contributed by atoms with Crippen molar-refractivity contribution in [2.75, 3.05) is 44.7 Å². The largest absolute Gasteiger partial charge is 0.354 e. The van der Waals surface area contributed by atoms with Crippen LogP contribution in [0.2, 0.25) is 0 Å². The standard InChI is InChI=1S/C14H23N5O/c1-3-4-5-15-14(20)12-10-13(17-11-16-12)19-8-6-18(2)7-9-19/h10-11H,3-9H2,1-2H3,(H,15,20). The lowest BCUT2D eigenvalue weighted by molar-refractivity contribution is 0.0948. The summed E-state index contributed by atoms with van der Waals surface area (Å²) in [6.07, 6.45) is 3.53. The molecule has 20 heavy (non-hydrogen) atoms. The number of anilines is 1. The summed E-state index contributed by atoms with van der Waals surface area (Å²) in [5.41, 5.74) is 0.449. The van der Waals surface area contributed by atoms with Gasteiger partial charge in [-0.05, 0) is 13.5 Å². The van der Waals surface area contributed by atoms with E-state index in [0.29, 0.717) is 12.2 Å². The Balaban J connectivity index is 1.98. The molecule has 2 heterocycles. The third-order valence-corrected chi connectivity index (χ3v) is 3.53. The predicted octanol–water partition coefficient (Wildman–Crippen LogP) is 0.758. The number of piperazine rings is 1. The van der Waals surface area contributed by atoms with Crippen LogP contribution in [0.25, 0.3) is 0 Å². The number of carbonyl (C=O) groups is 1. The first-order chi connectivity index (χ1) is 9.70. The van der Waals surface area contributed by atoms with Gasteiger partial charge in [0, 0.05) is 38.8 Å². The summed E-state index contributed by atoms with van der Waals surface area (Å²) in [6, 6.07) is 1.78. The highest BCUT2D eigenvalue weighted by molar-refractivity contribution is 5.92. The molecular formula is C14H23N5O. The highest BCUT2D eigenvalue weighted by Crippen LogP contribution is 2.13. The van der Waals surface area contributed by atoms with Crippen molar-refractivity contribution in [3.8, 4) is 0 Å². The second kappa shape index (κ2) is 7.19. The summed E-state index contributed by atoms with van der Waals surface area (Å²) in [7, 11) is 2.12. The zero-order valence-corrected chi connectivity index (χ0v) is 12.3. The topological polar surface area (TPSA) is 61.4 Å². The molecule has 110 valence electrons. The van der Waals surface area contributed by atoms with Crippen LogP contribution >= 0.6 is 0 Å². The van der Waals surface area contributed by atoms with Crippen molar-refractivity contribution < 1.29 is 4.79 Å². The van der Waals surface area contributed by atoms with Crippen LogP contribution in [-0.2, 0) is 0 Å². The maximum atomic E-state index is 12.0. The van der Waals surface area contributed by atoms with Gasteiger partial charge >= 0.3 is 0 Å². The summed E-state index contributed by atoms with van der Waals surface area (Å²) >= 11 is 0. The van der Waals surface area contributed by atoms with E-state index < -0.39 is 0 Å². The van der Waals surface area contributed by atoms with E-state index in [-0.39, 0.29) is 5.91 Å². The van der Waals surface area contributed by atoms with Crippen molar-refractivity contribution in [3.05, 3.63) is 18.1 Å².